The Morgan fingerprint density at radius 1 is 1.54 bits per heavy atom. The molecule has 1 fully saturated rings. The van der Waals surface area contributed by atoms with Crippen molar-refractivity contribution in [3.63, 3.8) is 0 Å². The Hall–Kier alpha value is -0.260. The number of rotatable bonds is 4. The number of hydrogen-bond acceptors (Lipinski definition) is 3. The Labute approximate surface area is 76.1 Å². The highest BCUT2D eigenvalue weighted by molar-refractivity contribution is 4.75. The number of hydrogen-bond donors (Lipinski definition) is 2. The molecule has 1 unspecified atom stereocenters. The highest BCUT2D eigenvalue weighted by Crippen LogP contribution is 2.12. The van der Waals surface area contributed by atoms with Crippen molar-refractivity contribution in [3.8, 4) is 0 Å². The summed E-state index contributed by atoms with van der Waals surface area (Å²) < 4.78 is 30.2. The highest BCUT2D eigenvalue weighted by atomic mass is 19.3. The molecule has 0 aromatic rings. The van der Waals surface area contributed by atoms with Gasteiger partial charge in [-0.25, -0.2) is 8.78 Å². The molecule has 0 saturated carbocycles. The van der Waals surface area contributed by atoms with Crippen LogP contribution in [0.15, 0.2) is 0 Å². The van der Waals surface area contributed by atoms with Crippen LogP contribution in [0.5, 0.6) is 0 Å². The van der Waals surface area contributed by atoms with Gasteiger partial charge in [-0.15, -0.1) is 0 Å². The molecule has 78 valence electrons. The van der Waals surface area contributed by atoms with Gasteiger partial charge in [0.05, 0.1) is 13.2 Å². The Kier molecular flexibility index (Phi) is 4.02. The second-order valence-corrected chi connectivity index (χ2v) is 3.31. The summed E-state index contributed by atoms with van der Waals surface area (Å²) in [6.07, 6.45) is 1.77. The zero-order valence-electron chi connectivity index (χ0n) is 7.43. The Bertz CT molecular complexity index is 149. The summed E-state index contributed by atoms with van der Waals surface area (Å²) in [5.74, 6) is -3.02. The monoisotopic (exact) mass is 195 g/mol. The molecule has 0 radical (unpaired) electrons. The van der Waals surface area contributed by atoms with Gasteiger partial charge in [-0.2, -0.15) is 0 Å². The average molecular weight is 195 g/mol. The van der Waals surface area contributed by atoms with Gasteiger partial charge in [-0.3, -0.25) is 0 Å². The summed E-state index contributed by atoms with van der Waals surface area (Å²) >= 11 is 0. The minimum atomic E-state index is -3.02. The highest BCUT2D eigenvalue weighted by Gasteiger charge is 2.28. The molecule has 0 aliphatic carbocycles. The van der Waals surface area contributed by atoms with Crippen LogP contribution in [0.25, 0.3) is 0 Å². The third kappa shape index (κ3) is 3.97. The van der Waals surface area contributed by atoms with E-state index in [-0.39, 0.29) is 6.04 Å². The van der Waals surface area contributed by atoms with Crippen molar-refractivity contribution in [1.29, 1.82) is 0 Å². The molecule has 13 heavy (non-hydrogen) atoms. The first-order valence-electron chi connectivity index (χ1n) is 4.44. The fourth-order valence-electron chi connectivity index (χ4n) is 1.25. The van der Waals surface area contributed by atoms with Gasteiger partial charge >= 0.3 is 0 Å². The molecule has 0 aromatic heterocycles. The lowest BCUT2D eigenvalue weighted by atomic mass is 10.1. The van der Waals surface area contributed by atoms with Gasteiger partial charge in [0.1, 0.15) is 6.61 Å². The predicted molar refractivity (Wildman–Crippen MR) is 43.9 cm³/mol. The van der Waals surface area contributed by atoms with E-state index in [1.165, 1.54) is 0 Å². The summed E-state index contributed by atoms with van der Waals surface area (Å²) in [7, 11) is 0. The van der Waals surface area contributed by atoms with Crippen LogP contribution in [0.1, 0.15) is 12.8 Å². The first kappa shape index (κ1) is 10.8. The second-order valence-electron chi connectivity index (χ2n) is 3.31. The molecule has 0 aromatic carbocycles. The largest absolute Gasteiger partial charge is 0.390 e. The molecule has 1 aliphatic rings. The summed E-state index contributed by atoms with van der Waals surface area (Å²) in [6.45, 7) is -0.374. The van der Waals surface area contributed by atoms with Crippen molar-refractivity contribution in [3.05, 3.63) is 0 Å². The molecule has 2 N–H and O–H groups in total. The van der Waals surface area contributed by atoms with Gasteiger partial charge < -0.3 is 15.2 Å². The van der Waals surface area contributed by atoms with Crippen LogP contribution in [0.3, 0.4) is 0 Å². The molecule has 5 heteroatoms. The maximum Gasteiger partial charge on any atom is 0.282 e. The van der Waals surface area contributed by atoms with E-state index in [9.17, 15) is 8.78 Å². The van der Waals surface area contributed by atoms with Crippen LogP contribution in [-0.2, 0) is 4.74 Å². The van der Waals surface area contributed by atoms with Crippen molar-refractivity contribution in [2.45, 2.75) is 24.8 Å². The first-order chi connectivity index (χ1) is 6.14. The van der Waals surface area contributed by atoms with Crippen LogP contribution in [0.2, 0.25) is 0 Å². The molecule has 1 aliphatic heterocycles. The normalized spacial score (nSPS) is 24.7. The van der Waals surface area contributed by atoms with E-state index in [4.69, 9.17) is 9.84 Å². The Morgan fingerprint density at radius 3 is 2.85 bits per heavy atom. The molecule has 0 bridgehead atoms. The van der Waals surface area contributed by atoms with Crippen LogP contribution >= 0.6 is 0 Å². The van der Waals surface area contributed by atoms with Crippen molar-refractivity contribution in [2.75, 3.05) is 26.4 Å². The van der Waals surface area contributed by atoms with Crippen molar-refractivity contribution < 1.29 is 18.6 Å². The van der Waals surface area contributed by atoms with Crippen LogP contribution in [0.4, 0.5) is 8.78 Å². The fraction of sp³-hybridized carbons (Fsp3) is 1.00. The summed E-state index contributed by atoms with van der Waals surface area (Å²) in [5.41, 5.74) is 0. The van der Waals surface area contributed by atoms with Gasteiger partial charge in [0.25, 0.3) is 5.92 Å². The maximum atomic E-state index is 12.6. The second kappa shape index (κ2) is 4.83. The van der Waals surface area contributed by atoms with Crippen molar-refractivity contribution in [1.82, 2.24) is 5.32 Å². The number of aliphatic hydroxyl groups is 1. The van der Waals surface area contributed by atoms with E-state index in [1.807, 2.05) is 0 Å². The van der Waals surface area contributed by atoms with E-state index in [0.717, 1.165) is 12.8 Å². The quantitative estimate of drug-likeness (QED) is 0.681. The Balaban J connectivity index is 2.17. The molecule has 0 amide bonds. The van der Waals surface area contributed by atoms with Crippen LogP contribution in [0, 0.1) is 0 Å². The number of ether oxygens (including phenoxy) is 1. The third-order valence-electron chi connectivity index (χ3n) is 2.04. The predicted octanol–water partition coefficient (Wildman–Crippen LogP) is 0.383. The molecular weight excluding hydrogens is 180 g/mol. The molecule has 3 nitrogen and oxygen atoms in total. The molecule has 1 heterocycles. The van der Waals surface area contributed by atoms with E-state index in [2.05, 4.69) is 5.32 Å². The third-order valence-corrected chi connectivity index (χ3v) is 2.04. The molecule has 1 rings (SSSR count). The summed E-state index contributed by atoms with van der Waals surface area (Å²) in [4.78, 5) is 0. The lowest BCUT2D eigenvalue weighted by Gasteiger charge is -2.25. The molecule has 1 atom stereocenters. The maximum absolute atomic E-state index is 12.6. The topological polar surface area (TPSA) is 41.5 Å². The van der Waals surface area contributed by atoms with Gasteiger partial charge in [0.2, 0.25) is 0 Å². The van der Waals surface area contributed by atoms with Gasteiger partial charge in [0.15, 0.2) is 0 Å². The minimum absolute atomic E-state index is 0.00572. The summed E-state index contributed by atoms with van der Waals surface area (Å²) in [5, 5.41) is 11.0. The Morgan fingerprint density at radius 2 is 2.31 bits per heavy atom. The van der Waals surface area contributed by atoms with Crippen molar-refractivity contribution in [2.24, 2.45) is 0 Å². The van der Waals surface area contributed by atoms with E-state index < -0.39 is 19.1 Å². The lowest BCUT2D eigenvalue weighted by Crippen LogP contribution is -2.44. The van der Waals surface area contributed by atoms with Gasteiger partial charge in [-0.05, 0) is 12.8 Å². The van der Waals surface area contributed by atoms with E-state index >= 15 is 0 Å². The molecule has 0 spiro atoms. The lowest BCUT2D eigenvalue weighted by molar-refractivity contribution is -0.0530. The smallest absolute Gasteiger partial charge is 0.282 e. The van der Waals surface area contributed by atoms with Crippen LogP contribution < -0.4 is 5.32 Å². The minimum Gasteiger partial charge on any atom is -0.390 e. The average Bonchev–Trinajstić information content (AvgIpc) is 2.17. The number of halogens is 2. The first-order valence-corrected chi connectivity index (χ1v) is 4.44. The van der Waals surface area contributed by atoms with E-state index in [0.29, 0.717) is 13.2 Å². The standard InChI is InChI=1S/C8H15F2NO2/c9-8(10,6-12)5-11-7-2-1-3-13-4-7/h7,11-12H,1-6H2. The molecule has 1 saturated heterocycles. The van der Waals surface area contributed by atoms with Crippen LogP contribution in [-0.4, -0.2) is 43.4 Å². The fourth-order valence-corrected chi connectivity index (χ4v) is 1.25. The zero-order valence-corrected chi connectivity index (χ0v) is 7.43. The van der Waals surface area contributed by atoms with Gasteiger partial charge in [0, 0.05) is 12.6 Å². The zero-order chi connectivity index (χ0) is 9.73. The SMILES string of the molecule is OCC(F)(F)CNC1CCCOC1. The van der Waals surface area contributed by atoms with E-state index in [1.54, 1.807) is 0 Å². The molecular formula is C8H15F2NO2. The van der Waals surface area contributed by atoms with Crippen molar-refractivity contribution >= 4 is 0 Å². The number of aliphatic hydroxyl groups excluding tert-OH is 1. The number of nitrogens with one attached hydrogen (secondary N) is 1. The summed E-state index contributed by atoms with van der Waals surface area (Å²) in [6, 6.07) is 0.00572. The van der Waals surface area contributed by atoms with Gasteiger partial charge in [-0.1, -0.05) is 0 Å². The number of alkyl halides is 2.